The molecule has 0 spiro atoms. The van der Waals surface area contributed by atoms with Gasteiger partial charge in [-0.25, -0.2) is 0 Å². The van der Waals surface area contributed by atoms with E-state index in [2.05, 4.69) is 47.3 Å². The van der Waals surface area contributed by atoms with E-state index in [9.17, 15) is 0 Å². The number of benzene rings is 1. The molecule has 1 heterocycles. The van der Waals surface area contributed by atoms with Gasteiger partial charge >= 0.3 is 0 Å². The van der Waals surface area contributed by atoms with E-state index in [0.29, 0.717) is 6.73 Å². The van der Waals surface area contributed by atoms with E-state index >= 15 is 0 Å². The number of fused-ring (bicyclic) bond motifs is 1. The minimum absolute atomic E-state index is 0.631. The van der Waals surface area contributed by atoms with Crippen LogP contribution >= 0.6 is 0 Å². The van der Waals surface area contributed by atoms with Crippen molar-refractivity contribution in [3.8, 4) is 0 Å². The van der Waals surface area contributed by atoms with Crippen LogP contribution in [0.25, 0.3) is 10.9 Å². The molecular weight excluding hydrogens is 224 g/mol. The molecule has 98 valence electrons. The first-order chi connectivity index (χ1) is 8.86. The maximum absolute atomic E-state index is 5.47. The summed E-state index contributed by atoms with van der Waals surface area (Å²) in [5, 5.41) is 4.78. The normalized spacial score (nSPS) is 11.2. The van der Waals surface area contributed by atoms with E-state index < -0.39 is 0 Å². The Kier molecular flexibility index (Phi) is 4.79. The number of hydrogen-bond acceptors (Lipinski definition) is 2. The zero-order chi connectivity index (χ0) is 12.8. The van der Waals surface area contributed by atoms with Crippen molar-refractivity contribution in [1.29, 1.82) is 0 Å². The maximum Gasteiger partial charge on any atom is 0.122 e. The zero-order valence-corrected chi connectivity index (χ0v) is 11.3. The molecule has 0 aliphatic heterocycles. The van der Waals surface area contributed by atoms with Crippen LogP contribution in [0.4, 0.5) is 0 Å². The summed E-state index contributed by atoms with van der Waals surface area (Å²) < 4.78 is 7.63. The summed E-state index contributed by atoms with van der Waals surface area (Å²) in [6, 6.07) is 8.64. The van der Waals surface area contributed by atoms with Crippen LogP contribution in [0, 0.1) is 0 Å². The largest absolute Gasteiger partial charge is 0.361 e. The second-order valence-corrected chi connectivity index (χ2v) is 4.43. The molecule has 0 radical (unpaired) electrons. The lowest BCUT2D eigenvalue weighted by atomic mass is 10.1. The second-order valence-electron chi connectivity index (χ2n) is 4.43. The van der Waals surface area contributed by atoms with Crippen LogP contribution in [0.2, 0.25) is 0 Å². The van der Waals surface area contributed by atoms with Crippen LogP contribution in [0.15, 0.2) is 30.5 Å². The zero-order valence-electron chi connectivity index (χ0n) is 11.3. The van der Waals surface area contributed by atoms with Gasteiger partial charge in [-0.15, -0.1) is 0 Å². The Hall–Kier alpha value is -1.32. The molecule has 0 fully saturated rings. The van der Waals surface area contributed by atoms with Crippen molar-refractivity contribution in [3.05, 3.63) is 36.0 Å². The Morgan fingerprint density at radius 3 is 2.89 bits per heavy atom. The van der Waals surface area contributed by atoms with Crippen molar-refractivity contribution >= 4 is 10.9 Å². The third kappa shape index (κ3) is 2.92. The van der Waals surface area contributed by atoms with Gasteiger partial charge in [0.15, 0.2) is 0 Å². The van der Waals surface area contributed by atoms with E-state index in [1.807, 2.05) is 6.92 Å². The molecule has 1 N–H and O–H groups in total. The molecule has 0 saturated heterocycles. The monoisotopic (exact) mass is 246 g/mol. The fourth-order valence-electron chi connectivity index (χ4n) is 2.14. The molecule has 0 aliphatic rings. The van der Waals surface area contributed by atoms with Crippen molar-refractivity contribution in [1.82, 2.24) is 9.88 Å². The molecule has 0 saturated carbocycles. The molecule has 0 unspecified atom stereocenters. The van der Waals surface area contributed by atoms with Gasteiger partial charge in [-0.1, -0.05) is 19.1 Å². The lowest BCUT2D eigenvalue weighted by molar-refractivity contribution is 0.0909. The minimum atomic E-state index is 0.631. The fourth-order valence-corrected chi connectivity index (χ4v) is 2.14. The molecule has 2 aromatic rings. The van der Waals surface area contributed by atoms with Crippen molar-refractivity contribution in [2.45, 2.75) is 33.5 Å². The molecule has 0 amide bonds. The van der Waals surface area contributed by atoms with E-state index in [0.717, 1.165) is 19.7 Å². The highest BCUT2D eigenvalue weighted by atomic mass is 16.5. The Bertz CT molecular complexity index is 490. The SMILES string of the molecule is CCCNCc1cccc2c1ccn2COCC. The predicted molar refractivity (Wildman–Crippen MR) is 75.6 cm³/mol. The molecular formula is C15H22N2O. The summed E-state index contributed by atoms with van der Waals surface area (Å²) in [6.07, 6.45) is 3.27. The Labute approximate surface area is 109 Å². The molecule has 0 atom stereocenters. The van der Waals surface area contributed by atoms with Crippen LogP contribution in [0.5, 0.6) is 0 Å². The number of hydrogen-bond donors (Lipinski definition) is 1. The summed E-state index contributed by atoms with van der Waals surface area (Å²) in [4.78, 5) is 0. The molecule has 3 heteroatoms. The van der Waals surface area contributed by atoms with Crippen LogP contribution in [0.1, 0.15) is 25.8 Å². The molecule has 1 aromatic heterocycles. The highest BCUT2D eigenvalue weighted by molar-refractivity contribution is 5.83. The second kappa shape index (κ2) is 6.57. The lowest BCUT2D eigenvalue weighted by Gasteiger charge is -2.08. The third-order valence-corrected chi connectivity index (χ3v) is 3.08. The van der Waals surface area contributed by atoms with Crippen molar-refractivity contribution < 1.29 is 4.74 Å². The molecule has 0 aliphatic carbocycles. The van der Waals surface area contributed by atoms with Gasteiger partial charge in [0, 0.05) is 24.7 Å². The van der Waals surface area contributed by atoms with E-state index in [1.54, 1.807) is 0 Å². The lowest BCUT2D eigenvalue weighted by Crippen LogP contribution is -2.13. The fraction of sp³-hybridized carbons (Fsp3) is 0.467. The van der Waals surface area contributed by atoms with Gasteiger partial charge in [0.05, 0.1) is 5.52 Å². The maximum atomic E-state index is 5.47. The van der Waals surface area contributed by atoms with Gasteiger partial charge in [-0.05, 0) is 37.6 Å². The average molecular weight is 246 g/mol. The number of nitrogens with zero attached hydrogens (tertiary/aromatic N) is 1. The number of rotatable bonds is 7. The number of aromatic nitrogens is 1. The van der Waals surface area contributed by atoms with Gasteiger partial charge in [0.1, 0.15) is 6.73 Å². The quantitative estimate of drug-likeness (QED) is 0.760. The first-order valence-corrected chi connectivity index (χ1v) is 6.72. The van der Waals surface area contributed by atoms with E-state index in [1.165, 1.54) is 22.9 Å². The summed E-state index contributed by atoms with van der Waals surface area (Å²) >= 11 is 0. The minimum Gasteiger partial charge on any atom is -0.361 e. The van der Waals surface area contributed by atoms with Crippen molar-refractivity contribution in [2.24, 2.45) is 0 Å². The van der Waals surface area contributed by atoms with Crippen molar-refractivity contribution in [2.75, 3.05) is 13.2 Å². The van der Waals surface area contributed by atoms with Gasteiger partial charge in [-0.2, -0.15) is 0 Å². The van der Waals surface area contributed by atoms with Crippen LogP contribution in [-0.4, -0.2) is 17.7 Å². The first-order valence-electron chi connectivity index (χ1n) is 6.72. The molecule has 2 rings (SSSR count). The highest BCUT2D eigenvalue weighted by Crippen LogP contribution is 2.20. The molecule has 1 aromatic carbocycles. The summed E-state index contributed by atoms with van der Waals surface area (Å²) in [5.74, 6) is 0. The van der Waals surface area contributed by atoms with Crippen LogP contribution in [0.3, 0.4) is 0 Å². The molecule has 0 bridgehead atoms. The van der Waals surface area contributed by atoms with Crippen LogP contribution < -0.4 is 5.32 Å². The Morgan fingerprint density at radius 1 is 1.22 bits per heavy atom. The predicted octanol–water partition coefficient (Wildman–Crippen LogP) is 3.13. The van der Waals surface area contributed by atoms with Gasteiger partial charge < -0.3 is 14.6 Å². The van der Waals surface area contributed by atoms with Crippen LogP contribution in [-0.2, 0) is 18.0 Å². The smallest absolute Gasteiger partial charge is 0.122 e. The molecule has 18 heavy (non-hydrogen) atoms. The Balaban J connectivity index is 2.19. The van der Waals surface area contributed by atoms with Gasteiger partial charge in [-0.3, -0.25) is 0 Å². The van der Waals surface area contributed by atoms with Gasteiger partial charge in [0.2, 0.25) is 0 Å². The van der Waals surface area contributed by atoms with Crippen molar-refractivity contribution in [3.63, 3.8) is 0 Å². The standard InChI is InChI=1S/C15H22N2O/c1-3-9-16-11-13-6-5-7-15-14(13)8-10-17(15)12-18-4-2/h5-8,10,16H,3-4,9,11-12H2,1-2H3. The van der Waals surface area contributed by atoms with E-state index in [-0.39, 0.29) is 0 Å². The average Bonchev–Trinajstić information content (AvgIpc) is 2.81. The number of ether oxygens (including phenoxy) is 1. The summed E-state index contributed by atoms with van der Waals surface area (Å²) in [5.41, 5.74) is 2.61. The topological polar surface area (TPSA) is 26.2 Å². The third-order valence-electron chi connectivity index (χ3n) is 3.08. The van der Waals surface area contributed by atoms with E-state index in [4.69, 9.17) is 4.74 Å². The molecule has 3 nitrogen and oxygen atoms in total. The number of nitrogens with one attached hydrogen (secondary N) is 1. The highest BCUT2D eigenvalue weighted by Gasteiger charge is 2.04. The Morgan fingerprint density at radius 2 is 2.11 bits per heavy atom. The summed E-state index contributed by atoms with van der Waals surface area (Å²) in [6.45, 7) is 7.58. The van der Waals surface area contributed by atoms with Gasteiger partial charge in [0.25, 0.3) is 0 Å². The summed E-state index contributed by atoms with van der Waals surface area (Å²) in [7, 11) is 0. The first kappa shape index (κ1) is 13.1.